The monoisotopic (exact) mass is 275 g/mol. The third kappa shape index (κ3) is 2.69. The Hall–Kier alpha value is -1.84. The van der Waals surface area contributed by atoms with Crippen molar-refractivity contribution in [3.63, 3.8) is 0 Å². The lowest BCUT2D eigenvalue weighted by Crippen LogP contribution is -2.52. The van der Waals surface area contributed by atoms with E-state index in [1.54, 1.807) is 0 Å². The van der Waals surface area contributed by atoms with Gasteiger partial charge in [-0.05, 0) is 23.8 Å². The van der Waals surface area contributed by atoms with Crippen LogP contribution < -0.4 is 5.32 Å². The van der Waals surface area contributed by atoms with Crippen molar-refractivity contribution in [3.05, 3.63) is 35.9 Å². The van der Waals surface area contributed by atoms with Crippen LogP contribution in [0.2, 0.25) is 0 Å². The minimum Gasteiger partial charge on any atom is -0.480 e. The zero-order valence-electron chi connectivity index (χ0n) is 12.1. The molecule has 108 valence electrons. The zero-order chi connectivity index (χ0) is 15.0. The van der Waals surface area contributed by atoms with E-state index < -0.39 is 22.8 Å². The van der Waals surface area contributed by atoms with Crippen molar-refractivity contribution in [2.45, 2.75) is 45.1 Å². The number of rotatable bonds is 4. The summed E-state index contributed by atoms with van der Waals surface area (Å²) in [6.07, 6.45) is 1.55. The highest BCUT2D eigenvalue weighted by atomic mass is 16.4. The van der Waals surface area contributed by atoms with Crippen LogP contribution in [0, 0.1) is 5.41 Å². The van der Waals surface area contributed by atoms with Crippen molar-refractivity contribution in [1.29, 1.82) is 0 Å². The van der Waals surface area contributed by atoms with Crippen molar-refractivity contribution >= 4 is 11.9 Å². The van der Waals surface area contributed by atoms with Gasteiger partial charge in [0.15, 0.2) is 0 Å². The molecular formula is C16H21NO3. The maximum absolute atomic E-state index is 12.5. The first kappa shape index (κ1) is 14.6. The molecule has 0 bridgehead atoms. The Morgan fingerprint density at radius 3 is 2.15 bits per heavy atom. The molecule has 0 heterocycles. The predicted octanol–water partition coefficient (Wildman–Crippen LogP) is 2.33. The van der Waals surface area contributed by atoms with Gasteiger partial charge in [-0.1, -0.05) is 51.1 Å². The van der Waals surface area contributed by atoms with Crippen LogP contribution in [0.3, 0.4) is 0 Å². The number of amides is 1. The quantitative estimate of drug-likeness (QED) is 0.886. The summed E-state index contributed by atoms with van der Waals surface area (Å²) in [5.74, 6) is -1.17. The van der Waals surface area contributed by atoms with Crippen molar-refractivity contribution in [2.75, 3.05) is 0 Å². The number of hydrogen-bond donors (Lipinski definition) is 2. The molecule has 2 rings (SSSR count). The van der Waals surface area contributed by atoms with Crippen LogP contribution in [0.4, 0.5) is 0 Å². The summed E-state index contributed by atoms with van der Waals surface area (Å²) in [6, 6.07) is 8.70. The summed E-state index contributed by atoms with van der Waals surface area (Å²) in [5.41, 5.74) is -0.0791. The lowest BCUT2D eigenvalue weighted by Gasteiger charge is -2.29. The van der Waals surface area contributed by atoms with E-state index >= 15 is 0 Å². The van der Waals surface area contributed by atoms with Crippen molar-refractivity contribution in [1.82, 2.24) is 5.32 Å². The third-order valence-corrected chi connectivity index (χ3v) is 3.90. The fraction of sp³-hybridized carbons (Fsp3) is 0.500. The summed E-state index contributed by atoms with van der Waals surface area (Å²) < 4.78 is 0. The maximum Gasteiger partial charge on any atom is 0.326 e. The number of carboxylic acids is 1. The standard InChI is InChI=1S/C16H21NO3/c1-15(2,3)12(13(18)19)17-14(20)16(9-10-16)11-7-5-4-6-8-11/h4-8,12H,9-10H2,1-3H3,(H,17,20)(H,18,19)/t12-/m0/s1. The number of carboxylic acid groups (broad SMARTS) is 1. The molecule has 0 aromatic heterocycles. The Balaban J connectivity index is 2.18. The van der Waals surface area contributed by atoms with Crippen LogP contribution in [0.25, 0.3) is 0 Å². The first-order chi connectivity index (χ1) is 9.27. The topological polar surface area (TPSA) is 66.4 Å². The van der Waals surface area contributed by atoms with Gasteiger partial charge in [-0.25, -0.2) is 4.79 Å². The zero-order valence-corrected chi connectivity index (χ0v) is 12.1. The molecule has 1 aromatic rings. The van der Waals surface area contributed by atoms with Gasteiger partial charge in [-0.15, -0.1) is 0 Å². The van der Waals surface area contributed by atoms with Gasteiger partial charge in [0.2, 0.25) is 5.91 Å². The lowest BCUT2D eigenvalue weighted by molar-refractivity contribution is -0.145. The molecule has 0 unspecified atom stereocenters. The van der Waals surface area contributed by atoms with Gasteiger partial charge in [-0.2, -0.15) is 0 Å². The summed E-state index contributed by atoms with van der Waals surface area (Å²) in [7, 11) is 0. The number of aliphatic carboxylic acids is 1. The van der Waals surface area contributed by atoms with Crippen LogP contribution in [0.1, 0.15) is 39.2 Å². The van der Waals surface area contributed by atoms with Gasteiger partial charge in [0.1, 0.15) is 6.04 Å². The molecule has 1 atom stereocenters. The molecule has 0 radical (unpaired) electrons. The highest BCUT2D eigenvalue weighted by molar-refractivity contribution is 5.94. The molecule has 0 spiro atoms. The number of nitrogens with one attached hydrogen (secondary N) is 1. The number of benzene rings is 1. The highest BCUT2D eigenvalue weighted by Crippen LogP contribution is 2.48. The van der Waals surface area contributed by atoms with Crippen molar-refractivity contribution in [3.8, 4) is 0 Å². The second kappa shape index (κ2) is 4.93. The van der Waals surface area contributed by atoms with E-state index in [0.717, 1.165) is 18.4 Å². The van der Waals surface area contributed by atoms with E-state index in [2.05, 4.69) is 5.32 Å². The number of carbonyl (C=O) groups excluding carboxylic acids is 1. The Morgan fingerprint density at radius 1 is 1.20 bits per heavy atom. The number of carbonyl (C=O) groups is 2. The Morgan fingerprint density at radius 2 is 1.75 bits per heavy atom. The van der Waals surface area contributed by atoms with Gasteiger partial charge >= 0.3 is 5.97 Å². The average molecular weight is 275 g/mol. The minimum absolute atomic E-state index is 0.175. The Kier molecular flexibility index (Phi) is 3.59. The van der Waals surface area contributed by atoms with Crippen LogP contribution in [-0.2, 0) is 15.0 Å². The second-order valence-corrected chi connectivity index (χ2v) is 6.56. The van der Waals surface area contributed by atoms with Gasteiger partial charge < -0.3 is 10.4 Å². The van der Waals surface area contributed by atoms with Crippen LogP contribution in [0.15, 0.2) is 30.3 Å². The van der Waals surface area contributed by atoms with Gasteiger partial charge in [0.25, 0.3) is 0 Å². The van der Waals surface area contributed by atoms with Crippen LogP contribution >= 0.6 is 0 Å². The summed E-state index contributed by atoms with van der Waals surface area (Å²) in [5, 5.41) is 12.0. The number of hydrogen-bond acceptors (Lipinski definition) is 2. The van der Waals surface area contributed by atoms with E-state index in [1.165, 1.54) is 0 Å². The van der Waals surface area contributed by atoms with E-state index in [9.17, 15) is 14.7 Å². The first-order valence-corrected chi connectivity index (χ1v) is 6.87. The molecule has 1 saturated carbocycles. The molecule has 4 nitrogen and oxygen atoms in total. The summed E-state index contributed by atoms with van der Waals surface area (Å²) >= 11 is 0. The van der Waals surface area contributed by atoms with Gasteiger partial charge in [0, 0.05) is 0 Å². The molecule has 2 N–H and O–H groups in total. The molecule has 1 aromatic carbocycles. The fourth-order valence-corrected chi connectivity index (χ4v) is 2.45. The largest absolute Gasteiger partial charge is 0.480 e. The van der Waals surface area contributed by atoms with Crippen LogP contribution in [-0.4, -0.2) is 23.0 Å². The van der Waals surface area contributed by atoms with Crippen molar-refractivity contribution in [2.24, 2.45) is 5.41 Å². The van der Waals surface area contributed by atoms with E-state index in [4.69, 9.17) is 0 Å². The SMILES string of the molecule is CC(C)(C)[C@@H](NC(=O)C1(c2ccccc2)CC1)C(=O)O. The normalized spacial score (nSPS) is 18.1. The van der Waals surface area contributed by atoms with Crippen LogP contribution in [0.5, 0.6) is 0 Å². The molecule has 0 aliphatic heterocycles. The maximum atomic E-state index is 12.5. The van der Waals surface area contributed by atoms with E-state index in [0.29, 0.717) is 0 Å². The predicted molar refractivity (Wildman–Crippen MR) is 76.4 cm³/mol. The van der Waals surface area contributed by atoms with Gasteiger partial charge in [0.05, 0.1) is 5.41 Å². The first-order valence-electron chi connectivity index (χ1n) is 6.87. The van der Waals surface area contributed by atoms with E-state index in [-0.39, 0.29) is 5.91 Å². The Bertz CT molecular complexity index is 512. The molecule has 1 aliphatic carbocycles. The van der Waals surface area contributed by atoms with Crippen molar-refractivity contribution < 1.29 is 14.7 Å². The molecular weight excluding hydrogens is 254 g/mol. The average Bonchev–Trinajstić information content (AvgIpc) is 3.16. The summed E-state index contributed by atoms with van der Waals surface area (Å²) in [6.45, 7) is 5.44. The molecule has 20 heavy (non-hydrogen) atoms. The summed E-state index contributed by atoms with van der Waals surface area (Å²) in [4.78, 5) is 23.9. The minimum atomic E-state index is -0.991. The third-order valence-electron chi connectivity index (χ3n) is 3.90. The molecule has 0 saturated heterocycles. The molecule has 1 fully saturated rings. The smallest absolute Gasteiger partial charge is 0.326 e. The highest BCUT2D eigenvalue weighted by Gasteiger charge is 2.52. The second-order valence-electron chi connectivity index (χ2n) is 6.56. The molecule has 4 heteroatoms. The Labute approximate surface area is 119 Å². The molecule has 1 aliphatic rings. The fourth-order valence-electron chi connectivity index (χ4n) is 2.45. The molecule has 1 amide bonds. The van der Waals surface area contributed by atoms with Gasteiger partial charge in [-0.3, -0.25) is 4.79 Å². The van der Waals surface area contributed by atoms with E-state index in [1.807, 2.05) is 51.1 Å². The lowest BCUT2D eigenvalue weighted by atomic mass is 9.85.